The third-order valence-electron chi connectivity index (χ3n) is 4.86. The van der Waals surface area contributed by atoms with Crippen molar-refractivity contribution in [2.75, 3.05) is 13.7 Å². The molecule has 0 spiro atoms. The molecule has 0 saturated carbocycles. The van der Waals surface area contributed by atoms with E-state index >= 15 is 0 Å². The smallest absolute Gasteiger partial charge is 0.150 e. The molecule has 1 N–H and O–H groups in total. The van der Waals surface area contributed by atoms with Gasteiger partial charge in [0.15, 0.2) is 0 Å². The molecule has 0 unspecified atom stereocenters. The zero-order valence-corrected chi connectivity index (χ0v) is 15.5. The molecule has 0 radical (unpaired) electrons. The summed E-state index contributed by atoms with van der Waals surface area (Å²) in [4.78, 5) is 9.06. The number of rotatable bonds is 3. The maximum Gasteiger partial charge on any atom is 0.150 e. The van der Waals surface area contributed by atoms with Gasteiger partial charge in [0.1, 0.15) is 12.4 Å². The van der Waals surface area contributed by atoms with E-state index < -0.39 is 0 Å². The monoisotopic (exact) mass is 363 g/mol. The molecule has 0 fully saturated rings. The molecule has 1 aliphatic rings. The molecule has 3 heterocycles. The number of nitrogens with zero attached hydrogens (tertiary/aromatic N) is 3. The highest BCUT2D eigenvalue weighted by atomic mass is 32.1. The molecule has 1 aliphatic heterocycles. The van der Waals surface area contributed by atoms with Gasteiger partial charge in [-0.2, -0.15) is 0 Å². The number of hydrogen-bond donors (Lipinski definition) is 1. The number of aliphatic hydroxyl groups is 1. The quantitative estimate of drug-likeness (QED) is 0.728. The van der Waals surface area contributed by atoms with Crippen LogP contribution in [0.15, 0.2) is 48.8 Å². The van der Waals surface area contributed by atoms with Crippen molar-refractivity contribution in [2.24, 2.45) is 0 Å². The van der Waals surface area contributed by atoms with Crippen LogP contribution in [0.5, 0.6) is 0 Å². The van der Waals surface area contributed by atoms with E-state index in [2.05, 4.69) is 69.9 Å². The average Bonchev–Trinajstić information content (AvgIpc) is 3.29. The number of imidazole rings is 1. The highest BCUT2D eigenvalue weighted by molar-refractivity contribution is 7.15. The fourth-order valence-electron chi connectivity index (χ4n) is 3.48. The standard InChI is InChI=1S/C21H21N3OS/c1-23-14-17-6-3-2-5-16(17)13-18(23)15-24-11-10-22-21(24)20-9-8-19(26-20)7-4-12-25/h2-3,5-6,8-11,18,25H,12-15H2,1H3/t18-/m0/s1. The molecular weight excluding hydrogens is 342 g/mol. The van der Waals surface area contributed by atoms with Crippen LogP contribution in [0.3, 0.4) is 0 Å². The average molecular weight is 363 g/mol. The summed E-state index contributed by atoms with van der Waals surface area (Å²) in [7, 11) is 2.20. The number of thiophene rings is 1. The Kier molecular flexibility index (Phi) is 4.89. The lowest BCUT2D eigenvalue weighted by atomic mass is 9.94. The van der Waals surface area contributed by atoms with Gasteiger partial charge in [0.05, 0.1) is 9.75 Å². The highest BCUT2D eigenvalue weighted by Gasteiger charge is 2.24. The Morgan fingerprint density at radius 3 is 2.92 bits per heavy atom. The molecule has 3 aromatic rings. The summed E-state index contributed by atoms with van der Waals surface area (Å²) in [6.45, 7) is 1.79. The molecule has 2 aromatic heterocycles. The minimum absolute atomic E-state index is 0.114. The van der Waals surface area contributed by atoms with Crippen molar-refractivity contribution in [3.8, 4) is 22.5 Å². The lowest BCUT2D eigenvalue weighted by Gasteiger charge is -2.34. The molecule has 1 aromatic carbocycles. The topological polar surface area (TPSA) is 41.3 Å². The Balaban J connectivity index is 1.55. The van der Waals surface area contributed by atoms with E-state index in [1.54, 1.807) is 11.3 Å². The van der Waals surface area contributed by atoms with E-state index in [1.807, 2.05) is 12.3 Å². The van der Waals surface area contributed by atoms with E-state index in [0.29, 0.717) is 6.04 Å². The Morgan fingerprint density at radius 2 is 2.08 bits per heavy atom. The van der Waals surface area contributed by atoms with Crippen molar-refractivity contribution < 1.29 is 5.11 Å². The second-order valence-corrected chi connectivity index (χ2v) is 7.65. The van der Waals surface area contributed by atoms with Gasteiger partial charge in [0.2, 0.25) is 0 Å². The number of hydrogen-bond acceptors (Lipinski definition) is 4. The van der Waals surface area contributed by atoms with Gasteiger partial charge in [0.25, 0.3) is 0 Å². The Labute approximate surface area is 157 Å². The molecule has 0 amide bonds. The first-order valence-corrected chi connectivity index (χ1v) is 9.54. The summed E-state index contributed by atoms with van der Waals surface area (Å²) in [6, 6.07) is 13.2. The molecule has 132 valence electrons. The summed E-state index contributed by atoms with van der Waals surface area (Å²) in [5, 5.41) is 8.85. The number of aromatic nitrogens is 2. The molecule has 0 bridgehead atoms. The zero-order chi connectivity index (χ0) is 17.9. The first kappa shape index (κ1) is 17.0. The van der Waals surface area contributed by atoms with Crippen molar-refractivity contribution >= 4 is 11.3 Å². The highest BCUT2D eigenvalue weighted by Crippen LogP contribution is 2.28. The van der Waals surface area contributed by atoms with E-state index in [1.165, 1.54) is 11.1 Å². The van der Waals surface area contributed by atoms with Gasteiger partial charge in [-0.15, -0.1) is 11.3 Å². The van der Waals surface area contributed by atoms with Crippen molar-refractivity contribution in [1.82, 2.24) is 14.5 Å². The molecule has 5 heteroatoms. The van der Waals surface area contributed by atoms with E-state index in [9.17, 15) is 0 Å². The van der Waals surface area contributed by atoms with Gasteiger partial charge < -0.3 is 9.67 Å². The van der Waals surface area contributed by atoms with Gasteiger partial charge in [-0.3, -0.25) is 4.90 Å². The third kappa shape index (κ3) is 3.45. The Hall–Kier alpha value is -2.39. The number of benzene rings is 1. The maximum atomic E-state index is 8.85. The predicted molar refractivity (Wildman–Crippen MR) is 105 cm³/mol. The van der Waals surface area contributed by atoms with Crippen LogP contribution < -0.4 is 0 Å². The second-order valence-electron chi connectivity index (χ2n) is 6.57. The fourth-order valence-corrected chi connectivity index (χ4v) is 4.38. The number of likely N-dealkylation sites (N-methyl/N-ethyl adjacent to an activating group) is 1. The SMILES string of the molecule is CN1Cc2ccccc2C[C@H]1Cn1ccnc1-c1ccc(C#CCO)s1. The van der Waals surface area contributed by atoms with Crippen molar-refractivity contribution in [3.63, 3.8) is 0 Å². The van der Waals surface area contributed by atoms with Gasteiger partial charge in [-0.05, 0) is 36.7 Å². The van der Waals surface area contributed by atoms with Gasteiger partial charge in [-0.1, -0.05) is 36.1 Å². The molecule has 0 saturated heterocycles. The fraction of sp³-hybridized carbons (Fsp3) is 0.286. The number of fused-ring (bicyclic) bond motifs is 1. The van der Waals surface area contributed by atoms with Crippen LogP contribution in [0.1, 0.15) is 16.0 Å². The largest absolute Gasteiger partial charge is 0.384 e. The van der Waals surface area contributed by atoms with Crippen LogP contribution in [-0.4, -0.2) is 39.3 Å². The van der Waals surface area contributed by atoms with Crippen LogP contribution in [0, 0.1) is 11.8 Å². The summed E-state index contributed by atoms with van der Waals surface area (Å²) in [6.07, 6.45) is 4.98. The van der Waals surface area contributed by atoms with Crippen LogP contribution >= 0.6 is 11.3 Å². The van der Waals surface area contributed by atoms with Crippen LogP contribution in [0.2, 0.25) is 0 Å². The molecule has 26 heavy (non-hydrogen) atoms. The summed E-state index contributed by atoms with van der Waals surface area (Å²) in [5.74, 6) is 6.66. The molecule has 4 nitrogen and oxygen atoms in total. The first-order valence-electron chi connectivity index (χ1n) is 8.72. The normalized spacial score (nSPS) is 16.8. The van der Waals surface area contributed by atoms with Crippen LogP contribution in [0.4, 0.5) is 0 Å². The second kappa shape index (κ2) is 7.46. The van der Waals surface area contributed by atoms with Gasteiger partial charge in [-0.25, -0.2) is 4.98 Å². The molecule has 4 rings (SSSR count). The minimum Gasteiger partial charge on any atom is -0.384 e. The van der Waals surface area contributed by atoms with E-state index in [-0.39, 0.29) is 6.61 Å². The lowest BCUT2D eigenvalue weighted by molar-refractivity contribution is 0.195. The van der Waals surface area contributed by atoms with Crippen LogP contribution in [0.25, 0.3) is 10.7 Å². The summed E-state index contributed by atoms with van der Waals surface area (Å²) >= 11 is 1.61. The van der Waals surface area contributed by atoms with Crippen molar-refractivity contribution in [2.45, 2.75) is 25.6 Å². The van der Waals surface area contributed by atoms with E-state index in [0.717, 1.165) is 35.1 Å². The molecule has 0 aliphatic carbocycles. The van der Waals surface area contributed by atoms with Gasteiger partial charge in [0, 0.05) is 31.5 Å². The van der Waals surface area contributed by atoms with Gasteiger partial charge >= 0.3 is 0 Å². The lowest BCUT2D eigenvalue weighted by Crippen LogP contribution is -2.40. The minimum atomic E-state index is -0.114. The zero-order valence-electron chi connectivity index (χ0n) is 14.7. The Morgan fingerprint density at radius 1 is 1.23 bits per heavy atom. The molecule has 1 atom stereocenters. The Bertz CT molecular complexity index is 963. The van der Waals surface area contributed by atoms with Crippen LogP contribution in [-0.2, 0) is 19.5 Å². The predicted octanol–water partition coefficient (Wildman–Crippen LogP) is 3.01. The first-order chi connectivity index (χ1) is 12.7. The third-order valence-corrected chi connectivity index (χ3v) is 5.85. The van der Waals surface area contributed by atoms with Crippen molar-refractivity contribution in [1.29, 1.82) is 0 Å². The summed E-state index contributed by atoms with van der Waals surface area (Å²) < 4.78 is 2.24. The van der Waals surface area contributed by atoms with Crippen molar-refractivity contribution in [3.05, 3.63) is 64.8 Å². The number of aliphatic hydroxyl groups excluding tert-OH is 1. The molecular formula is C21H21N3OS. The van der Waals surface area contributed by atoms with E-state index in [4.69, 9.17) is 5.11 Å². The maximum absolute atomic E-state index is 8.85. The summed E-state index contributed by atoms with van der Waals surface area (Å²) in [5.41, 5.74) is 2.89.